The van der Waals surface area contributed by atoms with E-state index in [1.54, 1.807) is 30.3 Å². The SMILES string of the molecule is Cn1c(CCC(=O)OCc2ccc3c(c2)OCO3)nc2cc(S(=O)(=O)N3CCOCC3)ccc21. The van der Waals surface area contributed by atoms with Gasteiger partial charge in [-0.15, -0.1) is 0 Å². The Balaban J connectivity index is 1.23. The maximum Gasteiger partial charge on any atom is 0.306 e. The van der Waals surface area contributed by atoms with Crippen LogP contribution in [0.4, 0.5) is 0 Å². The van der Waals surface area contributed by atoms with E-state index in [4.69, 9.17) is 18.9 Å². The number of rotatable bonds is 7. The lowest BCUT2D eigenvalue weighted by Crippen LogP contribution is -2.40. The van der Waals surface area contributed by atoms with E-state index in [2.05, 4.69) is 4.98 Å². The first-order valence-corrected chi connectivity index (χ1v) is 12.4. The fourth-order valence-electron chi connectivity index (χ4n) is 4.03. The van der Waals surface area contributed by atoms with Gasteiger partial charge in [-0.1, -0.05) is 6.07 Å². The molecule has 0 saturated carbocycles. The van der Waals surface area contributed by atoms with E-state index >= 15 is 0 Å². The molecule has 1 aromatic heterocycles. The van der Waals surface area contributed by atoms with Crippen molar-refractivity contribution in [1.29, 1.82) is 0 Å². The van der Waals surface area contributed by atoms with Gasteiger partial charge in [-0.3, -0.25) is 4.79 Å². The number of hydrogen-bond donors (Lipinski definition) is 0. The van der Waals surface area contributed by atoms with E-state index in [9.17, 15) is 13.2 Å². The topological polar surface area (TPSA) is 109 Å². The number of sulfonamides is 1. The van der Waals surface area contributed by atoms with Crippen LogP contribution in [-0.2, 0) is 44.4 Å². The highest BCUT2D eigenvalue weighted by molar-refractivity contribution is 7.89. The number of nitrogens with zero attached hydrogens (tertiary/aromatic N) is 3. The molecule has 0 amide bonds. The number of aromatic nitrogens is 2. The van der Waals surface area contributed by atoms with Crippen LogP contribution in [0.25, 0.3) is 11.0 Å². The van der Waals surface area contributed by atoms with Crippen LogP contribution in [0.15, 0.2) is 41.3 Å². The van der Waals surface area contributed by atoms with E-state index < -0.39 is 10.0 Å². The average Bonchev–Trinajstić information content (AvgIpc) is 3.45. The van der Waals surface area contributed by atoms with Crippen LogP contribution in [0.2, 0.25) is 0 Å². The third kappa shape index (κ3) is 4.46. The van der Waals surface area contributed by atoms with Gasteiger partial charge in [0.2, 0.25) is 16.8 Å². The number of morpholine rings is 1. The third-order valence-corrected chi connectivity index (χ3v) is 7.84. The number of imidazole rings is 1. The second kappa shape index (κ2) is 9.24. The Kier molecular flexibility index (Phi) is 6.15. The summed E-state index contributed by atoms with van der Waals surface area (Å²) in [6.45, 7) is 1.78. The molecule has 2 aliphatic rings. The molecule has 2 aliphatic heterocycles. The van der Waals surface area contributed by atoms with Crippen molar-refractivity contribution < 1.29 is 32.2 Å². The smallest absolute Gasteiger partial charge is 0.306 e. The van der Waals surface area contributed by atoms with Crippen molar-refractivity contribution in [3.05, 3.63) is 47.8 Å². The van der Waals surface area contributed by atoms with Crippen LogP contribution in [0, 0.1) is 0 Å². The van der Waals surface area contributed by atoms with E-state index in [-0.39, 0.29) is 30.7 Å². The Hall–Kier alpha value is -3.15. The third-order valence-electron chi connectivity index (χ3n) is 5.94. The maximum atomic E-state index is 12.9. The number of benzene rings is 2. The van der Waals surface area contributed by atoms with E-state index in [1.807, 2.05) is 17.7 Å². The van der Waals surface area contributed by atoms with Gasteiger partial charge in [-0.2, -0.15) is 4.31 Å². The second-order valence-corrected chi connectivity index (χ2v) is 10.0. The average molecular weight is 488 g/mol. The number of aryl methyl sites for hydroxylation is 2. The van der Waals surface area contributed by atoms with Crippen molar-refractivity contribution in [2.24, 2.45) is 7.05 Å². The van der Waals surface area contributed by atoms with Gasteiger partial charge in [0.05, 0.1) is 35.6 Å². The number of ether oxygens (including phenoxy) is 4. The summed E-state index contributed by atoms with van der Waals surface area (Å²) in [6, 6.07) is 10.3. The first-order valence-electron chi connectivity index (χ1n) is 11.0. The Morgan fingerprint density at radius 3 is 2.71 bits per heavy atom. The molecule has 180 valence electrons. The van der Waals surface area contributed by atoms with E-state index in [0.717, 1.165) is 11.1 Å². The van der Waals surface area contributed by atoms with Gasteiger partial charge >= 0.3 is 5.97 Å². The molecule has 10 nitrogen and oxygen atoms in total. The molecule has 0 atom stereocenters. The summed E-state index contributed by atoms with van der Waals surface area (Å²) in [7, 11) is -1.76. The van der Waals surface area contributed by atoms with Crippen LogP contribution in [0.3, 0.4) is 0 Å². The van der Waals surface area contributed by atoms with Gasteiger partial charge in [-0.25, -0.2) is 13.4 Å². The summed E-state index contributed by atoms with van der Waals surface area (Å²) in [5, 5.41) is 0. The second-order valence-electron chi connectivity index (χ2n) is 8.10. The van der Waals surface area contributed by atoms with Crippen molar-refractivity contribution >= 4 is 27.0 Å². The highest BCUT2D eigenvalue weighted by Gasteiger charge is 2.27. The normalized spacial score (nSPS) is 16.1. The molecule has 3 heterocycles. The van der Waals surface area contributed by atoms with Crippen molar-refractivity contribution in [3.8, 4) is 11.5 Å². The molecule has 0 bridgehead atoms. The molecular weight excluding hydrogens is 462 g/mol. The number of hydrogen-bond acceptors (Lipinski definition) is 8. The fourth-order valence-corrected chi connectivity index (χ4v) is 5.46. The molecule has 3 aromatic rings. The Morgan fingerprint density at radius 2 is 1.88 bits per heavy atom. The molecule has 0 unspecified atom stereocenters. The number of fused-ring (bicyclic) bond motifs is 2. The van der Waals surface area contributed by atoms with E-state index in [1.165, 1.54) is 4.31 Å². The van der Waals surface area contributed by atoms with Crippen LogP contribution in [0.5, 0.6) is 11.5 Å². The summed E-state index contributed by atoms with van der Waals surface area (Å²) in [5.74, 6) is 1.65. The summed E-state index contributed by atoms with van der Waals surface area (Å²) >= 11 is 0. The lowest BCUT2D eigenvalue weighted by atomic mass is 10.2. The molecular formula is C23H25N3O7S. The minimum absolute atomic E-state index is 0.140. The largest absolute Gasteiger partial charge is 0.461 e. The minimum Gasteiger partial charge on any atom is -0.461 e. The fraction of sp³-hybridized carbons (Fsp3) is 0.391. The van der Waals surface area contributed by atoms with Crippen LogP contribution in [0.1, 0.15) is 17.8 Å². The molecule has 1 saturated heterocycles. The zero-order chi connectivity index (χ0) is 23.7. The number of esters is 1. The molecule has 0 radical (unpaired) electrons. The molecule has 5 rings (SSSR count). The number of carbonyl (C=O) groups is 1. The van der Waals surface area contributed by atoms with E-state index in [0.29, 0.717) is 55.6 Å². The maximum absolute atomic E-state index is 12.9. The highest BCUT2D eigenvalue weighted by atomic mass is 32.2. The highest BCUT2D eigenvalue weighted by Crippen LogP contribution is 2.32. The van der Waals surface area contributed by atoms with Gasteiger partial charge < -0.3 is 23.5 Å². The molecule has 2 aromatic carbocycles. The molecule has 11 heteroatoms. The number of carbonyl (C=O) groups excluding carboxylic acids is 1. The van der Waals surface area contributed by atoms with Crippen molar-refractivity contribution in [3.63, 3.8) is 0 Å². The lowest BCUT2D eigenvalue weighted by molar-refractivity contribution is -0.144. The quantitative estimate of drug-likeness (QED) is 0.466. The first kappa shape index (κ1) is 22.6. The molecule has 0 aliphatic carbocycles. The van der Waals surface area contributed by atoms with Crippen molar-refractivity contribution in [2.45, 2.75) is 24.3 Å². The van der Waals surface area contributed by atoms with Crippen LogP contribution < -0.4 is 9.47 Å². The molecule has 34 heavy (non-hydrogen) atoms. The zero-order valence-electron chi connectivity index (χ0n) is 18.7. The zero-order valence-corrected chi connectivity index (χ0v) is 19.5. The van der Waals surface area contributed by atoms with Gasteiger partial charge in [0, 0.05) is 26.6 Å². The minimum atomic E-state index is -3.61. The van der Waals surface area contributed by atoms with Crippen LogP contribution in [-0.4, -0.2) is 61.3 Å². The molecule has 1 fully saturated rings. The Bertz CT molecular complexity index is 1330. The lowest BCUT2D eigenvalue weighted by Gasteiger charge is -2.26. The predicted molar refractivity (Wildman–Crippen MR) is 121 cm³/mol. The Morgan fingerprint density at radius 1 is 1.09 bits per heavy atom. The predicted octanol–water partition coefficient (Wildman–Crippen LogP) is 2.00. The summed E-state index contributed by atoms with van der Waals surface area (Å²) < 4.78 is 50.5. The molecule has 0 N–H and O–H groups in total. The molecule has 0 spiro atoms. The van der Waals surface area contributed by atoms with Crippen LogP contribution >= 0.6 is 0 Å². The van der Waals surface area contributed by atoms with Gasteiger partial charge in [0.15, 0.2) is 11.5 Å². The van der Waals surface area contributed by atoms with Gasteiger partial charge in [0.1, 0.15) is 12.4 Å². The van der Waals surface area contributed by atoms with Gasteiger partial charge in [-0.05, 0) is 35.9 Å². The summed E-state index contributed by atoms with van der Waals surface area (Å²) in [4.78, 5) is 17.1. The standard InChI is InChI=1S/C23H25N3O7S/c1-25-19-4-3-17(34(28,29)26-8-10-30-11-9-26)13-18(19)24-22(25)6-7-23(27)31-14-16-2-5-20-21(12-16)33-15-32-20/h2-5,12-13H,6-11,14-15H2,1H3. The monoisotopic (exact) mass is 487 g/mol. The van der Waals surface area contributed by atoms with Gasteiger partial charge in [0.25, 0.3) is 0 Å². The summed E-state index contributed by atoms with van der Waals surface area (Å²) in [6.07, 6.45) is 0.525. The van der Waals surface area contributed by atoms with Crippen molar-refractivity contribution in [1.82, 2.24) is 13.9 Å². The Labute approximate surface area is 197 Å². The first-order chi connectivity index (χ1) is 16.4. The summed E-state index contributed by atoms with van der Waals surface area (Å²) in [5.41, 5.74) is 2.18. The van der Waals surface area contributed by atoms with Crippen molar-refractivity contribution in [2.75, 3.05) is 33.1 Å².